The van der Waals surface area contributed by atoms with Gasteiger partial charge in [0.15, 0.2) is 0 Å². The number of nitrogens with one attached hydrogen (secondary N) is 1. The van der Waals surface area contributed by atoms with Crippen LogP contribution < -0.4 is 15.0 Å². The van der Waals surface area contributed by atoms with E-state index >= 15 is 0 Å². The predicted molar refractivity (Wildman–Crippen MR) is 169 cm³/mol. The number of hydrogen-bond acceptors (Lipinski definition) is 8. The Morgan fingerprint density at radius 2 is 1.40 bits per heavy atom. The van der Waals surface area contributed by atoms with Crippen LogP contribution in [0.5, 0.6) is 0 Å². The Kier molecular flexibility index (Phi) is 10.9. The van der Waals surface area contributed by atoms with Crippen molar-refractivity contribution in [1.82, 2.24) is 4.57 Å². The first-order valence-electron chi connectivity index (χ1n) is 14.5. The van der Waals surface area contributed by atoms with E-state index in [0.717, 1.165) is 24.3 Å². The summed E-state index contributed by atoms with van der Waals surface area (Å²) in [6, 6.07) is 15.2. The summed E-state index contributed by atoms with van der Waals surface area (Å²) in [6.07, 6.45) is -3.59. The maximum Gasteiger partial charge on any atom is 0.264 e. The fraction of sp³-hybridized carbons (Fsp3) is 0.281. The molecule has 0 unspecified atom stereocenters. The van der Waals surface area contributed by atoms with E-state index in [-0.39, 0.29) is 46.1 Å². The van der Waals surface area contributed by atoms with Crippen LogP contribution in [0, 0.1) is 11.6 Å². The van der Waals surface area contributed by atoms with Gasteiger partial charge >= 0.3 is 0 Å². The number of nitrogens with zero attached hydrogens (tertiary/aromatic N) is 1. The van der Waals surface area contributed by atoms with Gasteiger partial charge in [-0.15, -0.1) is 0 Å². The number of aliphatic carboxylic acids is 1. The summed E-state index contributed by atoms with van der Waals surface area (Å²) in [7, 11) is -8.56. The number of aromatic nitrogens is 1. The topological polar surface area (TPSA) is 192 Å². The Bertz CT molecular complexity index is 1950. The van der Waals surface area contributed by atoms with E-state index in [1.165, 1.54) is 48.5 Å². The van der Waals surface area contributed by atoms with Crippen molar-refractivity contribution >= 4 is 31.7 Å². The number of carbonyl (C=O) groups excluding carboxylic acids is 1. The average Bonchev–Trinajstić information content (AvgIpc) is 3.32. The Morgan fingerprint density at radius 3 is 1.89 bits per heavy atom. The summed E-state index contributed by atoms with van der Waals surface area (Å²) in [5.74, 6) is -3.09. The second-order valence-electron chi connectivity index (χ2n) is 11.3. The van der Waals surface area contributed by atoms with Crippen molar-refractivity contribution in [2.24, 2.45) is 5.14 Å². The highest BCUT2D eigenvalue weighted by atomic mass is 32.2. The molecule has 0 saturated carbocycles. The van der Waals surface area contributed by atoms with Gasteiger partial charge in [0.1, 0.15) is 16.5 Å². The molecule has 0 radical (unpaired) electrons. The predicted octanol–water partition coefficient (Wildman–Crippen LogP) is 3.31. The molecular formula is C32H34F2N3O8S2-. The Balaban J connectivity index is 1.96. The molecule has 15 heteroatoms. The number of hydrogen-bond donors (Lipinski definition) is 4. The molecule has 0 fully saturated rings. The third kappa shape index (κ3) is 8.61. The van der Waals surface area contributed by atoms with Gasteiger partial charge in [-0.3, -0.25) is 4.72 Å². The Labute approximate surface area is 271 Å². The second kappa shape index (κ2) is 14.3. The molecule has 0 amide bonds. The normalized spacial score (nSPS) is 13.4. The highest BCUT2D eigenvalue weighted by Gasteiger charge is 2.34. The number of benzene rings is 3. The number of aliphatic hydroxyl groups excluding tert-OH is 2. The fourth-order valence-corrected chi connectivity index (χ4v) is 7.56. The smallest absolute Gasteiger partial charge is 0.264 e. The third-order valence-corrected chi connectivity index (χ3v) is 9.78. The van der Waals surface area contributed by atoms with Crippen LogP contribution in [-0.2, 0) is 31.4 Å². The van der Waals surface area contributed by atoms with Crippen LogP contribution in [-0.4, -0.2) is 49.8 Å². The third-order valence-electron chi connectivity index (χ3n) is 7.39. The molecule has 47 heavy (non-hydrogen) atoms. The van der Waals surface area contributed by atoms with E-state index in [0.29, 0.717) is 16.8 Å². The van der Waals surface area contributed by atoms with Gasteiger partial charge in [0.25, 0.3) is 10.0 Å². The number of sulfonamides is 2. The number of aliphatic hydroxyl groups is 2. The Hall–Kier alpha value is -4.15. The molecule has 2 atom stereocenters. The molecular weight excluding hydrogens is 656 g/mol. The summed E-state index contributed by atoms with van der Waals surface area (Å²) in [4.78, 5) is 10.5. The van der Waals surface area contributed by atoms with Crippen molar-refractivity contribution in [3.8, 4) is 22.4 Å². The first-order valence-corrected chi connectivity index (χ1v) is 17.5. The number of carboxylic acids is 1. The van der Waals surface area contributed by atoms with Gasteiger partial charge in [0.05, 0.1) is 22.8 Å². The van der Waals surface area contributed by atoms with Crippen molar-refractivity contribution in [3.05, 3.63) is 90.1 Å². The largest absolute Gasteiger partial charge is 0.550 e. The molecule has 11 nitrogen and oxygen atoms in total. The zero-order chi connectivity index (χ0) is 34.7. The van der Waals surface area contributed by atoms with E-state index in [9.17, 15) is 45.7 Å². The van der Waals surface area contributed by atoms with Gasteiger partial charge < -0.3 is 24.7 Å². The highest BCUT2D eigenvalue weighted by molar-refractivity contribution is 7.93. The summed E-state index contributed by atoms with van der Waals surface area (Å²) in [5.41, 5.74) is 1.47. The van der Waals surface area contributed by atoms with Crippen LogP contribution in [0.15, 0.2) is 82.6 Å². The number of nitrogens with two attached hydrogens (primary N) is 1. The molecule has 4 aromatic rings. The lowest BCUT2D eigenvalue weighted by atomic mass is 10.00. The number of primary sulfonamides is 1. The molecule has 4 rings (SSSR count). The number of rotatable bonds is 14. The molecule has 0 aliphatic carbocycles. The molecule has 0 aliphatic heterocycles. The molecule has 1 aromatic heterocycles. The monoisotopic (exact) mass is 690 g/mol. The van der Waals surface area contributed by atoms with Crippen molar-refractivity contribution in [2.75, 3.05) is 4.72 Å². The van der Waals surface area contributed by atoms with Gasteiger partial charge in [-0.05, 0) is 90.6 Å². The minimum Gasteiger partial charge on any atom is -0.550 e. The van der Waals surface area contributed by atoms with E-state index in [1.807, 2.05) is 0 Å². The summed E-state index contributed by atoms with van der Waals surface area (Å²) < 4.78 is 84.5. The van der Waals surface area contributed by atoms with E-state index in [4.69, 9.17) is 5.14 Å². The van der Waals surface area contributed by atoms with Gasteiger partial charge in [0, 0.05) is 35.9 Å². The van der Waals surface area contributed by atoms with E-state index < -0.39 is 62.2 Å². The molecule has 252 valence electrons. The van der Waals surface area contributed by atoms with Crippen LogP contribution >= 0.6 is 0 Å². The second-order valence-corrected chi connectivity index (χ2v) is 14.5. The molecule has 0 spiro atoms. The summed E-state index contributed by atoms with van der Waals surface area (Å²) >= 11 is 0. The standard InChI is InChI=1S/C32H35F2N3O8S2/c1-19(2)30-32(47(44,45)36-24-11-13-27(14-12-24)46(35,42)43)29(20-3-7-22(33)8-4-20)31(21-5-9-23(34)10-6-21)37(30)16-15-25(38)17-26(39)18-28(40)41/h3-14,19,25-26,36,38-39H,15-18H2,1-2H3,(H,40,41)(H2,35,42,43)/p-1/t25-,26-/m1/s1. The summed E-state index contributed by atoms with van der Waals surface area (Å²) in [6.45, 7) is 3.47. The van der Waals surface area contributed by atoms with E-state index in [2.05, 4.69) is 4.72 Å². The average molecular weight is 691 g/mol. The van der Waals surface area contributed by atoms with Crippen molar-refractivity contribution < 1.29 is 45.7 Å². The number of anilines is 1. The first kappa shape index (κ1) is 35.7. The van der Waals surface area contributed by atoms with Gasteiger partial charge in [-0.2, -0.15) is 0 Å². The fourth-order valence-electron chi connectivity index (χ4n) is 5.39. The summed E-state index contributed by atoms with van der Waals surface area (Å²) in [5, 5.41) is 36.8. The van der Waals surface area contributed by atoms with Crippen LogP contribution in [0.25, 0.3) is 22.4 Å². The molecule has 1 heterocycles. The minimum atomic E-state index is -4.51. The molecule has 3 aromatic carbocycles. The van der Waals surface area contributed by atoms with Crippen molar-refractivity contribution in [2.45, 2.75) is 67.6 Å². The molecule has 0 saturated heterocycles. The lowest BCUT2D eigenvalue weighted by molar-refractivity contribution is -0.307. The van der Waals surface area contributed by atoms with E-state index in [1.54, 1.807) is 18.4 Å². The SMILES string of the molecule is CC(C)c1c(S(=O)(=O)Nc2ccc(S(N)(=O)=O)cc2)c(-c2ccc(F)cc2)c(-c2ccc(F)cc2)n1CC[C@@H](O)C[C@@H](O)CC(=O)[O-]. The zero-order valence-electron chi connectivity index (χ0n) is 25.4. The van der Waals surface area contributed by atoms with Crippen LogP contribution in [0.3, 0.4) is 0 Å². The minimum absolute atomic E-state index is 0.0191. The van der Waals surface area contributed by atoms with Crippen molar-refractivity contribution in [1.29, 1.82) is 0 Å². The zero-order valence-corrected chi connectivity index (χ0v) is 27.1. The number of carboxylic acid groups (broad SMARTS) is 1. The number of carbonyl (C=O) groups is 1. The van der Waals surface area contributed by atoms with Crippen LogP contribution in [0.2, 0.25) is 0 Å². The molecule has 0 aliphatic rings. The van der Waals surface area contributed by atoms with Gasteiger partial charge in [0.2, 0.25) is 10.0 Å². The number of halogens is 2. The highest BCUT2D eigenvalue weighted by Crippen LogP contribution is 2.45. The lowest BCUT2D eigenvalue weighted by Gasteiger charge is -2.20. The van der Waals surface area contributed by atoms with Crippen LogP contribution in [0.1, 0.15) is 44.7 Å². The van der Waals surface area contributed by atoms with Crippen LogP contribution in [0.4, 0.5) is 14.5 Å². The lowest BCUT2D eigenvalue weighted by Crippen LogP contribution is -2.29. The van der Waals surface area contributed by atoms with Gasteiger partial charge in [-0.1, -0.05) is 26.0 Å². The first-order chi connectivity index (χ1) is 22.0. The maximum absolute atomic E-state index is 14.4. The quantitative estimate of drug-likeness (QED) is 0.155. The Morgan fingerprint density at radius 1 is 0.872 bits per heavy atom. The van der Waals surface area contributed by atoms with Gasteiger partial charge in [-0.25, -0.2) is 30.8 Å². The molecule has 0 bridgehead atoms. The molecule has 5 N–H and O–H groups in total. The maximum atomic E-state index is 14.4. The van der Waals surface area contributed by atoms with Crippen molar-refractivity contribution in [3.63, 3.8) is 0 Å².